The third-order valence-electron chi connectivity index (χ3n) is 2.16. The average molecular weight is 330 g/mol. The van der Waals surface area contributed by atoms with Crippen molar-refractivity contribution in [3.63, 3.8) is 0 Å². The number of carbonyl (C=O) groups is 1. The summed E-state index contributed by atoms with van der Waals surface area (Å²) in [6, 6.07) is 2.88. The van der Waals surface area contributed by atoms with Crippen molar-refractivity contribution in [1.29, 1.82) is 0 Å². The smallest absolute Gasteiger partial charge is 0.185 e. The first-order valence-electron chi connectivity index (χ1n) is 4.97. The summed E-state index contributed by atoms with van der Waals surface area (Å²) in [6.45, 7) is 1.38. The molecule has 0 amide bonds. The van der Waals surface area contributed by atoms with E-state index in [4.69, 9.17) is 34.8 Å². The minimum atomic E-state index is -1.25. The first-order chi connectivity index (χ1) is 8.32. The van der Waals surface area contributed by atoms with E-state index in [1.807, 2.05) is 0 Å². The zero-order valence-electron chi connectivity index (χ0n) is 9.36. The molecule has 2 unspecified atom stereocenters. The summed E-state index contributed by atoms with van der Waals surface area (Å²) < 4.78 is 0. The maximum absolute atomic E-state index is 10.8. The van der Waals surface area contributed by atoms with E-state index in [0.29, 0.717) is 5.02 Å². The van der Waals surface area contributed by atoms with Gasteiger partial charge in [-0.15, -0.1) is 0 Å². The van der Waals surface area contributed by atoms with Gasteiger partial charge in [-0.1, -0.05) is 46.6 Å². The summed E-state index contributed by atoms with van der Waals surface area (Å²) in [7, 11) is 0. The lowest BCUT2D eigenvalue weighted by Gasteiger charge is -2.19. The normalized spacial score (nSPS) is 14.3. The molecule has 3 nitrogen and oxygen atoms in total. The number of thioether (sulfide) groups is 1. The summed E-state index contributed by atoms with van der Waals surface area (Å²) in [5.41, 5.74) is 0.241. The second-order valence-corrected chi connectivity index (χ2v) is 6.02. The van der Waals surface area contributed by atoms with E-state index in [1.54, 1.807) is 0 Å². The van der Waals surface area contributed by atoms with Crippen LogP contribution in [0.5, 0.6) is 0 Å². The number of aliphatic hydroxyl groups excluding tert-OH is 2. The van der Waals surface area contributed by atoms with E-state index in [1.165, 1.54) is 19.1 Å². The third-order valence-corrected chi connectivity index (χ3v) is 4.11. The Morgan fingerprint density at radius 1 is 1.33 bits per heavy atom. The van der Waals surface area contributed by atoms with E-state index in [2.05, 4.69) is 0 Å². The molecular weight excluding hydrogens is 319 g/mol. The van der Waals surface area contributed by atoms with Crippen molar-refractivity contribution in [2.75, 3.05) is 5.75 Å². The van der Waals surface area contributed by atoms with Gasteiger partial charge in [0.05, 0.1) is 16.1 Å². The van der Waals surface area contributed by atoms with Gasteiger partial charge in [0.2, 0.25) is 0 Å². The van der Waals surface area contributed by atoms with Crippen LogP contribution in [0.25, 0.3) is 0 Å². The Morgan fingerprint density at radius 3 is 2.50 bits per heavy atom. The molecule has 7 heteroatoms. The second kappa shape index (κ2) is 6.98. The molecule has 0 aliphatic carbocycles. The molecular formula is C11H11Cl3O3S. The molecule has 0 aliphatic heterocycles. The predicted octanol–water partition coefficient (Wildman–Crippen LogP) is 3.32. The van der Waals surface area contributed by atoms with Gasteiger partial charge < -0.3 is 10.2 Å². The third kappa shape index (κ3) is 4.30. The Bertz CT molecular complexity index is 453. The van der Waals surface area contributed by atoms with Gasteiger partial charge >= 0.3 is 0 Å². The Hall–Kier alpha value is 0.0300. The molecule has 18 heavy (non-hydrogen) atoms. The minimum Gasteiger partial charge on any atom is -0.389 e. The Balaban J connectivity index is 2.89. The summed E-state index contributed by atoms with van der Waals surface area (Å²) in [5, 5.41) is 20.2. The monoisotopic (exact) mass is 328 g/mol. The highest BCUT2D eigenvalue weighted by Crippen LogP contribution is 2.35. The number of aliphatic hydroxyl groups is 2. The maximum Gasteiger partial charge on any atom is 0.185 e. The predicted molar refractivity (Wildman–Crippen MR) is 75.6 cm³/mol. The summed E-state index contributed by atoms with van der Waals surface area (Å²) in [5.74, 6) is 0.0664. The van der Waals surface area contributed by atoms with Crippen LogP contribution in [-0.4, -0.2) is 27.2 Å². The van der Waals surface area contributed by atoms with Crippen LogP contribution in [0.15, 0.2) is 12.1 Å². The van der Waals surface area contributed by atoms with Crippen LogP contribution < -0.4 is 0 Å². The van der Waals surface area contributed by atoms with Crippen molar-refractivity contribution in [1.82, 2.24) is 0 Å². The molecule has 0 radical (unpaired) electrons. The lowest BCUT2D eigenvalue weighted by molar-refractivity contribution is -0.109. The van der Waals surface area contributed by atoms with Crippen LogP contribution in [0.3, 0.4) is 0 Å². The molecule has 0 spiro atoms. The van der Waals surface area contributed by atoms with Gasteiger partial charge in [-0.3, -0.25) is 4.79 Å². The van der Waals surface area contributed by atoms with Crippen molar-refractivity contribution in [3.8, 4) is 0 Å². The van der Waals surface area contributed by atoms with Crippen LogP contribution in [0.1, 0.15) is 18.6 Å². The fourth-order valence-corrected chi connectivity index (χ4v) is 2.61. The zero-order chi connectivity index (χ0) is 13.9. The van der Waals surface area contributed by atoms with Gasteiger partial charge in [-0.25, -0.2) is 0 Å². The molecule has 1 aromatic rings. The Morgan fingerprint density at radius 2 is 1.94 bits per heavy atom. The van der Waals surface area contributed by atoms with Crippen LogP contribution >= 0.6 is 46.6 Å². The topological polar surface area (TPSA) is 57.5 Å². The van der Waals surface area contributed by atoms with Gasteiger partial charge in [0.15, 0.2) is 5.12 Å². The number of hydrogen-bond donors (Lipinski definition) is 2. The molecule has 100 valence electrons. The molecule has 0 saturated heterocycles. The van der Waals surface area contributed by atoms with E-state index in [9.17, 15) is 15.0 Å². The highest BCUT2D eigenvalue weighted by molar-refractivity contribution is 8.13. The number of halogens is 3. The summed E-state index contributed by atoms with van der Waals surface area (Å²) >= 11 is 18.5. The highest BCUT2D eigenvalue weighted by Gasteiger charge is 2.23. The average Bonchev–Trinajstić information content (AvgIpc) is 2.29. The van der Waals surface area contributed by atoms with Crippen molar-refractivity contribution in [2.24, 2.45) is 0 Å². The van der Waals surface area contributed by atoms with Gasteiger partial charge in [0, 0.05) is 23.3 Å². The van der Waals surface area contributed by atoms with E-state index in [-0.39, 0.29) is 26.5 Å². The van der Waals surface area contributed by atoms with E-state index in [0.717, 1.165) is 11.8 Å². The second-order valence-electron chi connectivity index (χ2n) is 3.61. The SMILES string of the molecule is CC(=O)SCC(O)C(O)c1cc(Cl)cc(Cl)c1Cl. The Labute approximate surface area is 124 Å². The first kappa shape index (κ1) is 16.1. The van der Waals surface area contributed by atoms with E-state index >= 15 is 0 Å². The van der Waals surface area contributed by atoms with E-state index < -0.39 is 12.2 Å². The maximum atomic E-state index is 10.8. The molecule has 0 aromatic heterocycles. The molecule has 1 aromatic carbocycles. The standard InChI is InChI=1S/C11H11Cl3O3S/c1-5(15)18-4-9(16)11(17)7-2-6(12)3-8(13)10(7)14/h2-3,9,11,16-17H,4H2,1H3. The van der Waals surface area contributed by atoms with Crippen molar-refractivity contribution in [2.45, 2.75) is 19.1 Å². The molecule has 2 N–H and O–H groups in total. The molecule has 0 heterocycles. The molecule has 0 saturated carbocycles. The lowest BCUT2D eigenvalue weighted by atomic mass is 10.1. The van der Waals surface area contributed by atoms with Crippen LogP contribution in [-0.2, 0) is 4.79 Å². The van der Waals surface area contributed by atoms with Gasteiger partial charge in [0.1, 0.15) is 6.10 Å². The number of hydrogen-bond acceptors (Lipinski definition) is 4. The zero-order valence-corrected chi connectivity index (χ0v) is 12.4. The lowest BCUT2D eigenvalue weighted by Crippen LogP contribution is -2.21. The van der Waals surface area contributed by atoms with Crippen molar-refractivity contribution < 1.29 is 15.0 Å². The van der Waals surface area contributed by atoms with Gasteiger partial charge in [0.25, 0.3) is 0 Å². The van der Waals surface area contributed by atoms with Crippen LogP contribution in [0.4, 0.5) is 0 Å². The van der Waals surface area contributed by atoms with Crippen molar-refractivity contribution in [3.05, 3.63) is 32.8 Å². The summed E-state index contributed by atoms with van der Waals surface area (Å²) in [6.07, 6.45) is -2.38. The van der Waals surface area contributed by atoms with Crippen LogP contribution in [0, 0.1) is 0 Å². The number of rotatable bonds is 4. The van der Waals surface area contributed by atoms with Gasteiger partial charge in [-0.2, -0.15) is 0 Å². The fraction of sp³-hybridized carbons (Fsp3) is 0.364. The van der Waals surface area contributed by atoms with Crippen LogP contribution in [0.2, 0.25) is 15.1 Å². The molecule has 0 aliphatic rings. The van der Waals surface area contributed by atoms with Crippen molar-refractivity contribution >= 4 is 51.7 Å². The quantitative estimate of drug-likeness (QED) is 0.832. The first-order valence-corrected chi connectivity index (χ1v) is 7.08. The minimum absolute atomic E-state index is 0.0664. The molecule has 1 rings (SSSR count). The fourth-order valence-electron chi connectivity index (χ4n) is 1.29. The largest absolute Gasteiger partial charge is 0.389 e. The summed E-state index contributed by atoms with van der Waals surface area (Å²) in [4.78, 5) is 10.8. The number of benzene rings is 1. The van der Waals surface area contributed by atoms with Gasteiger partial charge in [-0.05, 0) is 12.1 Å². The number of carbonyl (C=O) groups excluding carboxylic acids is 1. The highest BCUT2D eigenvalue weighted by atomic mass is 35.5. The molecule has 0 bridgehead atoms. The Kier molecular flexibility index (Phi) is 6.24. The molecule has 0 fully saturated rings. The molecule has 2 atom stereocenters.